The highest BCUT2D eigenvalue weighted by molar-refractivity contribution is 7.25. The Morgan fingerprint density at radius 1 is 0.420 bits per heavy atom. The van der Waals surface area contributed by atoms with Crippen LogP contribution in [0.15, 0.2) is 211 Å². The first-order valence-corrected chi connectivity index (χ1v) is 24.3. The predicted molar refractivity (Wildman–Crippen MR) is 287 cm³/mol. The molecule has 5 nitrogen and oxygen atoms in total. The third-order valence-electron chi connectivity index (χ3n) is 14.7. The van der Waals surface area contributed by atoms with Crippen molar-refractivity contribution in [1.29, 1.82) is 0 Å². The van der Waals surface area contributed by atoms with E-state index in [4.69, 9.17) is 14.4 Å². The molecule has 6 heterocycles. The SMILES string of the molecule is c1ccc(-n2c3ccccc3c3c(-c4nc5c(c(-c6cccc7sc8ccccc8c67)n4)Cc4ccc6c7cc8ccccc8cc7n(c6c4)-c4c-5ccc5c4oc4ccccc45)cccc32)cc1. The van der Waals surface area contributed by atoms with Gasteiger partial charge in [-0.3, -0.25) is 0 Å². The van der Waals surface area contributed by atoms with Crippen LogP contribution in [0.25, 0.3) is 142 Å². The molecule has 1 aliphatic rings. The van der Waals surface area contributed by atoms with E-state index in [2.05, 4.69) is 215 Å². The molecular weight excluding hydrogens is 861 g/mol. The lowest BCUT2D eigenvalue weighted by Gasteiger charge is -2.19. The van der Waals surface area contributed by atoms with E-state index in [-0.39, 0.29) is 0 Å². The van der Waals surface area contributed by atoms with Gasteiger partial charge in [-0.2, -0.15) is 0 Å². The number of rotatable bonds is 3. The van der Waals surface area contributed by atoms with Gasteiger partial charge in [0.15, 0.2) is 11.4 Å². The van der Waals surface area contributed by atoms with Gasteiger partial charge in [0.1, 0.15) is 5.58 Å². The van der Waals surface area contributed by atoms with Crippen LogP contribution in [0.2, 0.25) is 0 Å². The van der Waals surface area contributed by atoms with Crippen LogP contribution in [0.3, 0.4) is 0 Å². The van der Waals surface area contributed by atoms with Crippen molar-refractivity contribution in [3.05, 3.63) is 217 Å². The summed E-state index contributed by atoms with van der Waals surface area (Å²) in [6, 6.07) is 74.9. The molecule has 0 fully saturated rings. The molecule has 0 N–H and O–H groups in total. The van der Waals surface area contributed by atoms with Gasteiger partial charge in [-0.25, -0.2) is 9.97 Å². The first-order valence-electron chi connectivity index (χ1n) is 23.5. The molecule has 0 atom stereocenters. The van der Waals surface area contributed by atoms with Gasteiger partial charge in [0.05, 0.1) is 39.1 Å². The van der Waals surface area contributed by atoms with Crippen molar-refractivity contribution in [1.82, 2.24) is 19.1 Å². The highest BCUT2D eigenvalue weighted by atomic mass is 32.1. The third-order valence-corrected chi connectivity index (χ3v) is 15.8. The second kappa shape index (κ2) is 13.9. The molecule has 1 aliphatic heterocycles. The molecule has 0 spiro atoms. The molecule has 69 heavy (non-hydrogen) atoms. The van der Waals surface area contributed by atoms with Crippen LogP contribution in [0.5, 0.6) is 0 Å². The summed E-state index contributed by atoms with van der Waals surface area (Å²) in [6.45, 7) is 0. The van der Waals surface area contributed by atoms with Crippen molar-refractivity contribution >= 4 is 108 Å². The minimum absolute atomic E-state index is 0.623. The molecule has 0 amide bonds. The molecule has 2 bridgehead atoms. The maximum atomic E-state index is 7.12. The standard InChI is InChI=1S/C63H36N4OS/c1-2-16-39(17-3-1)66-50-23-9-6-19-43(50)57-46(22-12-24-51(57)66)63-64-59(45-21-13-27-56-58(45)44-20-8-11-26-55(44)69-56)49-32-36-28-29-40-48-34-37-14-4-5-15-38(37)35-53(48)67(52(40)33-36)61-47(60(49)65-63)31-30-42-41-18-7-10-25-54(41)68-62(42)61/h1-31,33-35H,32H2. The fourth-order valence-electron chi connectivity index (χ4n) is 11.7. The molecule has 0 radical (unpaired) electrons. The molecule has 15 aromatic rings. The predicted octanol–water partition coefficient (Wildman–Crippen LogP) is 17.0. The number of fused-ring (bicyclic) bond motifs is 19. The van der Waals surface area contributed by atoms with Crippen LogP contribution in [0.1, 0.15) is 11.1 Å². The lowest BCUT2D eigenvalue weighted by molar-refractivity contribution is 0.666. The average Bonchev–Trinajstić information content (AvgIpc) is 4.16. The lowest BCUT2D eigenvalue weighted by atomic mass is 9.91. The zero-order valence-electron chi connectivity index (χ0n) is 36.9. The van der Waals surface area contributed by atoms with Crippen LogP contribution in [-0.4, -0.2) is 19.1 Å². The van der Waals surface area contributed by atoms with Crippen LogP contribution < -0.4 is 0 Å². The molecule has 0 aliphatic carbocycles. The normalized spacial score (nSPS) is 12.6. The van der Waals surface area contributed by atoms with Crippen molar-refractivity contribution in [2.75, 3.05) is 0 Å². The Kier molecular flexibility index (Phi) is 7.49. The Morgan fingerprint density at radius 3 is 2.00 bits per heavy atom. The molecule has 0 saturated heterocycles. The highest BCUT2D eigenvalue weighted by Crippen LogP contribution is 2.49. The van der Waals surface area contributed by atoms with Gasteiger partial charge >= 0.3 is 0 Å². The Labute approximate surface area is 398 Å². The van der Waals surface area contributed by atoms with Gasteiger partial charge in [-0.15, -0.1) is 11.3 Å². The average molecular weight is 897 g/mol. The monoisotopic (exact) mass is 896 g/mol. The highest BCUT2D eigenvalue weighted by Gasteiger charge is 2.30. The van der Waals surface area contributed by atoms with E-state index in [1.807, 2.05) is 11.3 Å². The minimum Gasteiger partial charge on any atom is -0.454 e. The Hall–Kier alpha value is -8.84. The lowest BCUT2D eigenvalue weighted by Crippen LogP contribution is -2.06. The summed E-state index contributed by atoms with van der Waals surface area (Å²) < 4.78 is 14.5. The van der Waals surface area contributed by atoms with Crippen LogP contribution in [0.4, 0.5) is 0 Å². The first kappa shape index (κ1) is 37.3. The van der Waals surface area contributed by atoms with Gasteiger partial charge in [0.25, 0.3) is 0 Å². The third kappa shape index (κ3) is 5.18. The van der Waals surface area contributed by atoms with Crippen LogP contribution in [-0.2, 0) is 6.42 Å². The maximum absolute atomic E-state index is 7.12. The number of furan rings is 1. The number of aromatic nitrogens is 4. The minimum atomic E-state index is 0.623. The van der Waals surface area contributed by atoms with E-state index < -0.39 is 0 Å². The number of nitrogens with zero attached hydrogens (tertiary/aromatic N) is 4. The van der Waals surface area contributed by atoms with E-state index in [1.165, 1.54) is 47.3 Å². The number of benzene rings is 10. The number of thiophene rings is 1. The molecule has 10 aromatic carbocycles. The second-order valence-electron chi connectivity index (χ2n) is 18.4. The summed E-state index contributed by atoms with van der Waals surface area (Å²) in [5, 5.41) is 11.7. The smallest absolute Gasteiger partial charge is 0.161 e. The van der Waals surface area contributed by atoms with Gasteiger partial charge in [-0.05, 0) is 89.1 Å². The quantitative estimate of drug-likeness (QED) is 0.178. The van der Waals surface area contributed by atoms with Crippen molar-refractivity contribution in [3.63, 3.8) is 0 Å². The van der Waals surface area contributed by atoms with Gasteiger partial charge in [0.2, 0.25) is 0 Å². The summed E-state index contributed by atoms with van der Waals surface area (Å²) >= 11 is 1.84. The summed E-state index contributed by atoms with van der Waals surface area (Å²) in [6.07, 6.45) is 0.623. The second-order valence-corrected chi connectivity index (χ2v) is 19.5. The van der Waals surface area contributed by atoms with Gasteiger partial charge in [-0.1, -0.05) is 133 Å². The van der Waals surface area contributed by atoms with Crippen LogP contribution >= 0.6 is 11.3 Å². The molecular formula is C63H36N4OS. The van der Waals surface area contributed by atoms with Crippen molar-refractivity contribution < 1.29 is 4.42 Å². The van der Waals surface area contributed by atoms with E-state index >= 15 is 0 Å². The zero-order chi connectivity index (χ0) is 44.9. The zero-order valence-corrected chi connectivity index (χ0v) is 37.8. The van der Waals surface area contributed by atoms with Crippen LogP contribution in [0, 0.1) is 0 Å². The Bertz CT molecular complexity index is 4700. The summed E-state index contributed by atoms with van der Waals surface area (Å²) in [7, 11) is 0. The van der Waals surface area contributed by atoms with Gasteiger partial charge in [0, 0.05) is 86.9 Å². The Morgan fingerprint density at radius 2 is 1.10 bits per heavy atom. The molecule has 5 aromatic heterocycles. The fraction of sp³-hybridized carbons (Fsp3) is 0.0159. The first-order chi connectivity index (χ1) is 34.2. The maximum Gasteiger partial charge on any atom is 0.161 e. The number of para-hydroxylation sites is 3. The molecule has 0 saturated carbocycles. The molecule has 6 heteroatoms. The van der Waals surface area contributed by atoms with Crippen molar-refractivity contribution in [2.24, 2.45) is 0 Å². The largest absolute Gasteiger partial charge is 0.454 e. The van der Waals surface area contributed by atoms with E-state index in [0.717, 1.165) is 99.8 Å². The van der Waals surface area contributed by atoms with Crippen molar-refractivity contribution in [2.45, 2.75) is 6.42 Å². The summed E-state index contributed by atoms with van der Waals surface area (Å²) in [5.41, 5.74) is 15.5. The van der Waals surface area contributed by atoms with Crippen molar-refractivity contribution in [3.8, 4) is 45.3 Å². The molecule has 0 unspecified atom stereocenters. The summed E-state index contributed by atoms with van der Waals surface area (Å²) in [4.78, 5) is 11.8. The number of hydrogen-bond acceptors (Lipinski definition) is 4. The van der Waals surface area contributed by atoms with Gasteiger partial charge < -0.3 is 13.6 Å². The topological polar surface area (TPSA) is 48.8 Å². The van der Waals surface area contributed by atoms with E-state index in [9.17, 15) is 0 Å². The van der Waals surface area contributed by atoms with E-state index in [1.54, 1.807) is 0 Å². The Balaban J connectivity index is 1.10. The number of hydrogen-bond donors (Lipinski definition) is 0. The molecule has 16 rings (SSSR count). The van der Waals surface area contributed by atoms with E-state index in [0.29, 0.717) is 12.2 Å². The molecule has 320 valence electrons. The fourth-order valence-corrected chi connectivity index (χ4v) is 12.9. The summed E-state index contributed by atoms with van der Waals surface area (Å²) in [5.74, 6) is 0.678.